The molecule has 0 spiro atoms. The minimum atomic E-state index is -9.15. The van der Waals surface area contributed by atoms with Crippen molar-refractivity contribution in [3.63, 3.8) is 0 Å². The molecule has 37 heavy (non-hydrogen) atoms. The number of carbonyl (C=O) groups is 1. The second-order valence-corrected chi connectivity index (χ2v) is 7.18. The quantitative estimate of drug-likeness (QED) is 0.226. The van der Waals surface area contributed by atoms with Crippen LogP contribution >= 0.6 is 0 Å². The molecule has 0 aliphatic heterocycles. The van der Waals surface area contributed by atoms with Crippen molar-refractivity contribution in [1.29, 1.82) is 0 Å². The van der Waals surface area contributed by atoms with Gasteiger partial charge in [-0.25, -0.2) is 9.18 Å². The second kappa shape index (κ2) is 9.24. The van der Waals surface area contributed by atoms with Crippen molar-refractivity contribution in [1.82, 2.24) is 0 Å². The Morgan fingerprint density at radius 1 is 0.622 bits per heavy atom. The van der Waals surface area contributed by atoms with Gasteiger partial charge < -0.3 is 10.2 Å². The van der Waals surface area contributed by atoms with Gasteiger partial charge in [0.1, 0.15) is 0 Å². The van der Waals surface area contributed by atoms with Crippen LogP contribution in [0.2, 0.25) is 0 Å². The van der Waals surface area contributed by atoms with E-state index < -0.39 is 83.7 Å². The molecule has 0 aromatic heterocycles. The Hall–Kier alpha value is -2.16. The number of aliphatic carboxylic acids is 1. The summed E-state index contributed by atoms with van der Waals surface area (Å²) in [5.41, 5.74) is -11.0. The number of hydrogen-bond acceptors (Lipinski definition) is 2. The van der Waals surface area contributed by atoms with Gasteiger partial charge in [-0.15, -0.1) is 0 Å². The van der Waals surface area contributed by atoms with Gasteiger partial charge in [-0.2, -0.15) is 79.0 Å². The molecular formula is C15H9F19O3. The first kappa shape index (κ1) is 34.8. The summed E-state index contributed by atoms with van der Waals surface area (Å²) >= 11 is 0. The van der Waals surface area contributed by atoms with Crippen LogP contribution in [-0.2, 0) is 4.79 Å². The Bertz CT molecular complexity index is 866. The SMILES string of the molecule is CC(O)CC(=CC(F)(F)C(F)(F)C(F)(F)C(F)(F)C(F)(F)C(F)(F)C(F)(C(F)(F)F)C(F)(F)F)C(=O)O. The van der Waals surface area contributed by atoms with E-state index in [1.165, 1.54) is 0 Å². The Morgan fingerprint density at radius 2 is 0.919 bits per heavy atom. The van der Waals surface area contributed by atoms with Gasteiger partial charge in [0.2, 0.25) is 0 Å². The molecule has 0 aromatic carbocycles. The van der Waals surface area contributed by atoms with E-state index in [-0.39, 0.29) is 0 Å². The van der Waals surface area contributed by atoms with Crippen LogP contribution in [-0.4, -0.2) is 75.8 Å². The molecule has 0 saturated heterocycles. The number of halogens is 19. The molecule has 1 unspecified atom stereocenters. The molecule has 220 valence electrons. The number of hydrogen-bond donors (Lipinski definition) is 2. The van der Waals surface area contributed by atoms with Gasteiger partial charge in [0.25, 0.3) is 0 Å². The number of aliphatic hydroxyl groups is 1. The van der Waals surface area contributed by atoms with Gasteiger partial charge in [0.15, 0.2) is 0 Å². The predicted octanol–water partition coefficient (Wildman–Crippen LogP) is 6.41. The average molecular weight is 598 g/mol. The van der Waals surface area contributed by atoms with Crippen LogP contribution in [0.15, 0.2) is 11.6 Å². The van der Waals surface area contributed by atoms with Crippen LogP contribution in [0.3, 0.4) is 0 Å². The molecule has 0 saturated carbocycles. The zero-order chi connectivity index (χ0) is 30.6. The molecule has 3 nitrogen and oxygen atoms in total. The third kappa shape index (κ3) is 5.00. The normalized spacial score (nSPS) is 17.2. The van der Waals surface area contributed by atoms with Crippen molar-refractivity contribution in [3.05, 3.63) is 11.6 Å². The van der Waals surface area contributed by atoms with E-state index in [0.717, 1.165) is 0 Å². The van der Waals surface area contributed by atoms with Crippen molar-refractivity contribution in [2.45, 2.75) is 73.0 Å². The summed E-state index contributed by atoms with van der Waals surface area (Å²) in [6.45, 7) is 0.545. The third-order valence-corrected chi connectivity index (χ3v) is 4.36. The summed E-state index contributed by atoms with van der Waals surface area (Å²) in [7, 11) is 0. The summed E-state index contributed by atoms with van der Waals surface area (Å²) in [6.07, 6.45) is -22.3. The van der Waals surface area contributed by atoms with Crippen LogP contribution in [0.25, 0.3) is 0 Å². The lowest BCUT2D eigenvalue weighted by molar-refractivity contribution is -0.470. The van der Waals surface area contributed by atoms with Crippen molar-refractivity contribution < 1.29 is 98.4 Å². The highest BCUT2D eigenvalue weighted by molar-refractivity contribution is 5.86. The van der Waals surface area contributed by atoms with Gasteiger partial charge in [-0.1, -0.05) is 0 Å². The van der Waals surface area contributed by atoms with Crippen molar-refractivity contribution in [2.75, 3.05) is 0 Å². The van der Waals surface area contributed by atoms with Crippen molar-refractivity contribution in [2.24, 2.45) is 0 Å². The van der Waals surface area contributed by atoms with E-state index in [9.17, 15) is 88.2 Å². The maximum absolute atomic E-state index is 13.7. The lowest BCUT2D eigenvalue weighted by atomic mass is 9.83. The third-order valence-electron chi connectivity index (χ3n) is 4.36. The van der Waals surface area contributed by atoms with Crippen molar-refractivity contribution >= 4 is 5.97 Å². The number of rotatable bonds is 10. The molecule has 1 atom stereocenters. The molecule has 2 N–H and O–H groups in total. The lowest BCUT2D eigenvalue weighted by Gasteiger charge is -2.44. The molecule has 0 fully saturated rings. The Morgan fingerprint density at radius 3 is 1.19 bits per heavy atom. The number of alkyl halides is 19. The van der Waals surface area contributed by atoms with Crippen LogP contribution in [0, 0.1) is 0 Å². The minimum absolute atomic E-state index is 0.545. The topological polar surface area (TPSA) is 57.5 Å². The molecule has 22 heteroatoms. The van der Waals surface area contributed by atoms with Crippen LogP contribution < -0.4 is 0 Å². The summed E-state index contributed by atoms with van der Waals surface area (Å²) < 4.78 is 251. The summed E-state index contributed by atoms with van der Waals surface area (Å²) in [5.74, 6) is -54.1. The summed E-state index contributed by atoms with van der Waals surface area (Å²) in [6, 6.07) is 0. The highest BCUT2D eigenvalue weighted by Gasteiger charge is 2.98. The van der Waals surface area contributed by atoms with E-state index in [1.54, 1.807) is 0 Å². The first-order valence-electron chi connectivity index (χ1n) is 8.44. The molecule has 0 aromatic rings. The van der Waals surface area contributed by atoms with E-state index in [4.69, 9.17) is 10.2 Å². The molecule has 0 amide bonds. The maximum Gasteiger partial charge on any atom is 0.438 e. The van der Waals surface area contributed by atoms with Gasteiger partial charge in [0, 0.05) is 18.1 Å². The van der Waals surface area contributed by atoms with Crippen molar-refractivity contribution in [3.8, 4) is 0 Å². The summed E-state index contributed by atoms with van der Waals surface area (Å²) in [4.78, 5) is 10.7. The first-order chi connectivity index (χ1) is 15.7. The van der Waals surface area contributed by atoms with E-state index in [0.29, 0.717) is 6.92 Å². The Balaban J connectivity index is 7.22. The van der Waals surface area contributed by atoms with Crippen LogP contribution in [0.5, 0.6) is 0 Å². The van der Waals surface area contributed by atoms with Gasteiger partial charge >= 0.3 is 59.5 Å². The first-order valence-corrected chi connectivity index (χ1v) is 8.44. The smallest absolute Gasteiger partial charge is 0.438 e. The highest BCUT2D eigenvalue weighted by atomic mass is 19.4. The fourth-order valence-electron chi connectivity index (χ4n) is 2.37. The predicted molar refractivity (Wildman–Crippen MR) is 77.6 cm³/mol. The fraction of sp³-hybridized carbons (Fsp3) is 0.800. The highest BCUT2D eigenvalue weighted by Crippen LogP contribution is 2.66. The number of aliphatic hydroxyl groups excluding tert-OH is 1. The average Bonchev–Trinajstić information content (AvgIpc) is 2.63. The van der Waals surface area contributed by atoms with Crippen LogP contribution in [0.4, 0.5) is 83.4 Å². The van der Waals surface area contributed by atoms with Gasteiger partial charge in [-0.3, -0.25) is 0 Å². The van der Waals surface area contributed by atoms with E-state index >= 15 is 0 Å². The molecular weight excluding hydrogens is 589 g/mol. The number of allylic oxidation sites excluding steroid dienone is 1. The molecule has 0 radical (unpaired) electrons. The van der Waals surface area contributed by atoms with Gasteiger partial charge in [0.05, 0.1) is 6.10 Å². The molecule has 0 rings (SSSR count). The Kier molecular flexibility index (Phi) is 8.70. The lowest BCUT2D eigenvalue weighted by Crippen LogP contribution is -2.77. The minimum Gasteiger partial charge on any atom is -0.478 e. The summed E-state index contributed by atoms with van der Waals surface area (Å²) in [5, 5.41) is 17.4. The zero-order valence-electron chi connectivity index (χ0n) is 16.8. The Labute approximate surface area is 190 Å². The largest absolute Gasteiger partial charge is 0.478 e. The molecule has 0 aliphatic rings. The monoisotopic (exact) mass is 598 g/mol. The standard InChI is InChI=1S/C15H9F19O3/c1-4(35)2-5(6(36)37)3-7(16,17)9(19,20)11(23,24)13(27,28)12(25,26)10(21,22)8(18,14(29,30)31)15(32,33)34/h3-4,35H,2H2,1H3,(H,36,37). The zero-order valence-corrected chi connectivity index (χ0v) is 16.8. The maximum atomic E-state index is 13.7. The van der Waals surface area contributed by atoms with E-state index in [2.05, 4.69) is 0 Å². The molecule has 0 aliphatic carbocycles. The fourth-order valence-corrected chi connectivity index (χ4v) is 2.37. The van der Waals surface area contributed by atoms with Crippen LogP contribution in [0.1, 0.15) is 13.3 Å². The molecule has 0 heterocycles. The van der Waals surface area contributed by atoms with Gasteiger partial charge in [-0.05, 0) is 6.92 Å². The number of carboxylic acids is 1. The van der Waals surface area contributed by atoms with E-state index in [1.807, 2.05) is 0 Å². The molecule has 0 bridgehead atoms. The number of carboxylic acid groups (broad SMARTS) is 1. The second-order valence-electron chi connectivity index (χ2n) is 7.18.